The van der Waals surface area contributed by atoms with Crippen LogP contribution in [0.2, 0.25) is 0 Å². The van der Waals surface area contributed by atoms with Gasteiger partial charge >= 0.3 is 0 Å². The van der Waals surface area contributed by atoms with Gasteiger partial charge in [0.05, 0.1) is 6.04 Å². The summed E-state index contributed by atoms with van der Waals surface area (Å²) in [5.74, 6) is 0. The molecular formula is C11H18N2S. The summed E-state index contributed by atoms with van der Waals surface area (Å²) in [5, 5.41) is 5.75. The molecule has 3 heteroatoms. The van der Waals surface area contributed by atoms with Crippen molar-refractivity contribution in [1.82, 2.24) is 10.2 Å². The van der Waals surface area contributed by atoms with Crippen molar-refractivity contribution < 1.29 is 0 Å². The largest absolute Gasteiger partial charge is 0.312 e. The zero-order chi connectivity index (χ0) is 9.97. The molecule has 1 aromatic rings. The van der Waals surface area contributed by atoms with E-state index in [1.807, 2.05) is 11.3 Å². The standard InChI is InChI=1S/C11H18N2S/c1-13(2)10(8-12-9-5-6-9)11-4-3-7-14-11/h3-4,7,9-10,12H,5-6,8H2,1-2H3. The molecule has 1 fully saturated rings. The van der Waals surface area contributed by atoms with Crippen LogP contribution in [0.1, 0.15) is 23.8 Å². The van der Waals surface area contributed by atoms with Gasteiger partial charge in [0.1, 0.15) is 0 Å². The van der Waals surface area contributed by atoms with Gasteiger partial charge in [0.15, 0.2) is 0 Å². The van der Waals surface area contributed by atoms with E-state index in [9.17, 15) is 0 Å². The molecule has 1 N–H and O–H groups in total. The maximum atomic E-state index is 3.59. The van der Waals surface area contributed by atoms with Crippen molar-refractivity contribution >= 4 is 11.3 Å². The molecule has 0 saturated heterocycles. The maximum absolute atomic E-state index is 3.59. The number of nitrogens with zero attached hydrogens (tertiary/aromatic N) is 1. The third-order valence-corrected chi connectivity index (χ3v) is 3.65. The minimum absolute atomic E-state index is 0.538. The molecule has 1 heterocycles. The van der Waals surface area contributed by atoms with Gasteiger partial charge in [0.25, 0.3) is 0 Å². The molecule has 0 radical (unpaired) electrons. The van der Waals surface area contributed by atoms with Crippen LogP contribution in [0.3, 0.4) is 0 Å². The fourth-order valence-electron chi connectivity index (χ4n) is 1.58. The molecule has 1 saturated carbocycles. The molecule has 1 unspecified atom stereocenters. The van der Waals surface area contributed by atoms with E-state index in [1.165, 1.54) is 17.7 Å². The van der Waals surface area contributed by atoms with Gasteiger partial charge in [-0.25, -0.2) is 0 Å². The van der Waals surface area contributed by atoms with Crippen molar-refractivity contribution in [3.63, 3.8) is 0 Å². The Hall–Kier alpha value is -0.380. The molecule has 0 bridgehead atoms. The number of rotatable bonds is 5. The molecule has 0 amide bonds. The van der Waals surface area contributed by atoms with E-state index in [0.717, 1.165) is 12.6 Å². The molecule has 14 heavy (non-hydrogen) atoms. The van der Waals surface area contributed by atoms with E-state index < -0.39 is 0 Å². The molecule has 2 nitrogen and oxygen atoms in total. The minimum atomic E-state index is 0.538. The molecule has 2 rings (SSSR count). The second-order valence-corrected chi connectivity index (χ2v) is 5.16. The first-order valence-corrected chi connectivity index (χ1v) is 6.08. The Bertz CT molecular complexity index is 265. The lowest BCUT2D eigenvalue weighted by atomic mass is 10.2. The van der Waals surface area contributed by atoms with Gasteiger partial charge in [0.2, 0.25) is 0 Å². The van der Waals surface area contributed by atoms with Crippen molar-refractivity contribution in [2.75, 3.05) is 20.6 Å². The summed E-state index contributed by atoms with van der Waals surface area (Å²) in [6.07, 6.45) is 2.73. The third kappa shape index (κ3) is 2.56. The van der Waals surface area contributed by atoms with Crippen molar-refractivity contribution in [3.8, 4) is 0 Å². The first-order valence-electron chi connectivity index (χ1n) is 5.20. The molecule has 1 aliphatic rings. The smallest absolute Gasteiger partial charge is 0.0561 e. The normalized spacial score (nSPS) is 18.8. The van der Waals surface area contributed by atoms with E-state index >= 15 is 0 Å². The first kappa shape index (κ1) is 10.1. The van der Waals surface area contributed by atoms with Crippen LogP contribution in [0.5, 0.6) is 0 Å². The van der Waals surface area contributed by atoms with Crippen LogP contribution in [-0.2, 0) is 0 Å². The topological polar surface area (TPSA) is 15.3 Å². The van der Waals surface area contributed by atoms with Crippen molar-refractivity contribution in [2.24, 2.45) is 0 Å². The number of thiophene rings is 1. The van der Waals surface area contributed by atoms with Gasteiger partial charge < -0.3 is 10.2 Å². The summed E-state index contributed by atoms with van der Waals surface area (Å²) in [7, 11) is 4.30. The van der Waals surface area contributed by atoms with Gasteiger partial charge in [-0.15, -0.1) is 11.3 Å². The van der Waals surface area contributed by atoms with Crippen molar-refractivity contribution in [3.05, 3.63) is 22.4 Å². The summed E-state index contributed by atoms with van der Waals surface area (Å²) in [6.45, 7) is 1.08. The summed E-state index contributed by atoms with van der Waals surface area (Å²) in [6, 6.07) is 5.70. The number of nitrogens with one attached hydrogen (secondary N) is 1. The van der Waals surface area contributed by atoms with Crippen LogP contribution in [0.4, 0.5) is 0 Å². The minimum Gasteiger partial charge on any atom is -0.312 e. The first-order chi connectivity index (χ1) is 6.77. The van der Waals surface area contributed by atoms with Gasteiger partial charge in [-0.3, -0.25) is 0 Å². The maximum Gasteiger partial charge on any atom is 0.0561 e. The van der Waals surface area contributed by atoms with E-state index in [1.54, 1.807) is 0 Å². The van der Waals surface area contributed by atoms with E-state index in [4.69, 9.17) is 0 Å². The molecule has 0 aromatic carbocycles. The van der Waals surface area contributed by atoms with E-state index in [2.05, 4.69) is 41.8 Å². The van der Waals surface area contributed by atoms with Gasteiger partial charge in [-0.1, -0.05) is 6.07 Å². The highest BCUT2D eigenvalue weighted by Gasteiger charge is 2.23. The van der Waals surface area contributed by atoms with Gasteiger partial charge in [-0.2, -0.15) is 0 Å². The molecule has 0 aliphatic heterocycles. The lowest BCUT2D eigenvalue weighted by molar-refractivity contribution is 0.292. The Morgan fingerprint density at radius 1 is 1.57 bits per heavy atom. The zero-order valence-corrected chi connectivity index (χ0v) is 9.68. The Labute approximate surface area is 89.9 Å². The average Bonchev–Trinajstić information content (AvgIpc) is 2.80. The second kappa shape index (κ2) is 4.43. The van der Waals surface area contributed by atoms with Gasteiger partial charge in [-0.05, 0) is 38.4 Å². The number of likely N-dealkylation sites (N-methyl/N-ethyl adjacent to an activating group) is 1. The van der Waals surface area contributed by atoms with Crippen molar-refractivity contribution in [2.45, 2.75) is 24.9 Å². The fourth-order valence-corrected chi connectivity index (χ4v) is 2.51. The molecule has 1 aromatic heterocycles. The highest BCUT2D eigenvalue weighted by molar-refractivity contribution is 7.10. The Balaban J connectivity index is 1.92. The summed E-state index contributed by atoms with van der Waals surface area (Å²) in [4.78, 5) is 3.75. The molecule has 1 atom stereocenters. The van der Waals surface area contributed by atoms with Crippen LogP contribution in [0, 0.1) is 0 Å². The summed E-state index contributed by atoms with van der Waals surface area (Å²) >= 11 is 1.85. The van der Waals surface area contributed by atoms with Crippen LogP contribution in [-0.4, -0.2) is 31.6 Å². The SMILES string of the molecule is CN(C)C(CNC1CC1)c1cccs1. The van der Waals surface area contributed by atoms with E-state index in [-0.39, 0.29) is 0 Å². The number of hydrogen-bond donors (Lipinski definition) is 1. The lowest BCUT2D eigenvalue weighted by Gasteiger charge is -2.23. The molecule has 1 aliphatic carbocycles. The Morgan fingerprint density at radius 2 is 2.36 bits per heavy atom. The predicted octanol–water partition coefficient (Wildman–Crippen LogP) is 2.10. The molecular weight excluding hydrogens is 192 g/mol. The third-order valence-electron chi connectivity index (χ3n) is 2.67. The Morgan fingerprint density at radius 3 is 2.86 bits per heavy atom. The highest BCUT2D eigenvalue weighted by Crippen LogP contribution is 2.24. The van der Waals surface area contributed by atoms with Crippen LogP contribution in [0.15, 0.2) is 17.5 Å². The monoisotopic (exact) mass is 210 g/mol. The fraction of sp³-hybridized carbons (Fsp3) is 0.636. The summed E-state index contributed by atoms with van der Waals surface area (Å²) in [5.41, 5.74) is 0. The second-order valence-electron chi connectivity index (χ2n) is 4.18. The molecule has 78 valence electrons. The Kier molecular flexibility index (Phi) is 3.21. The number of hydrogen-bond acceptors (Lipinski definition) is 3. The quantitative estimate of drug-likeness (QED) is 0.800. The predicted molar refractivity (Wildman–Crippen MR) is 61.8 cm³/mol. The van der Waals surface area contributed by atoms with Crippen LogP contribution < -0.4 is 5.32 Å². The van der Waals surface area contributed by atoms with E-state index in [0.29, 0.717) is 6.04 Å². The van der Waals surface area contributed by atoms with Crippen LogP contribution in [0.25, 0.3) is 0 Å². The van der Waals surface area contributed by atoms with Crippen LogP contribution >= 0.6 is 11.3 Å². The molecule has 0 spiro atoms. The average molecular weight is 210 g/mol. The lowest BCUT2D eigenvalue weighted by Crippen LogP contribution is -2.31. The zero-order valence-electron chi connectivity index (χ0n) is 8.86. The highest BCUT2D eigenvalue weighted by atomic mass is 32.1. The summed E-state index contributed by atoms with van der Waals surface area (Å²) < 4.78 is 0. The van der Waals surface area contributed by atoms with Crippen molar-refractivity contribution in [1.29, 1.82) is 0 Å². The van der Waals surface area contributed by atoms with Gasteiger partial charge in [0, 0.05) is 17.5 Å².